The van der Waals surface area contributed by atoms with Gasteiger partial charge in [-0.25, -0.2) is 4.79 Å². The van der Waals surface area contributed by atoms with Crippen LogP contribution in [-0.4, -0.2) is 12.6 Å². The second-order valence-electron chi connectivity index (χ2n) is 5.40. The lowest BCUT2D eigenvalue weighted by Gasteiger charge is -2.07. The van der Waals surface area contributed by atoms with Crippen LogP contribution in [0.2, 0.25) is 0 Å². The molecule has 2 heteroatoms. The standard InChI is InChI=1S/C19H28O2/c1-3-5-6-7-8-9-10-13-16-21-19(20)18-15-12-11-14-17(18)4-2/h4,11-12,14-15H,2-3,5-10,13,16H2,1H3. The van der Waals surface area contributed by atoms with Gasteiger partial charge < -0.3 is 4.74 Å². The van der Waals surface area contributed by atoms with E-state index in [0.717, 1.165) is 18.4 Å². The molecule has 1 aromatic carbocycles. The predicted molar refractivity (Wildman–Crippen MR) is 89.4 cm³/mol. The molecule has 1 aromatic rings. The van der Waals surface area contributed by atoms with Crippen LogP contribution in [0, 0.1) is 0 Å². The summed E-state index contributed by atoms with van der Waals surface area (Å²) in [6.45, 7) is 6.47. The summed E-state index contributed by atoms with van der Waals surface area (Å²) < 4.78 is 5.33. The summed E-state index contributed by atoms with van der Waals surface area (Å²) in [5.74, 6) is -0.242. The Kier molecular flexibility index (Phi) is 9.26. The number of ether oxygens (including phenoxy) is 1. The average molecular weight is 288 g/mol. The molecule has 0 aromatic heterocycles. The van der Waals surface area contributed by atoms with Crippen LogP contribution in [-0.2, 0) is 4.74 Å². The third-order valence-corrected chi connectivity index (χ3v) is 3.63. The second-order valence-corrected chi connectivity index (χ2v) is 5.40. The molecule has 0 aliphatic heterocycles. The molecular weight excluding hydrogens is 260 g/mol. The van der Waals surface area contributed by atoms with E-state index in [9.17, 15) is 4.79 Å². The number of carbonyl (C=O) groups excluding carboxylic acids is 1. The van der Waals surface area contributed by atoms with E-state index in [2.05, 4.69) is 13.5 Å². The Balaban J connectivity index is 2.12. The van der Waals surface area contributed by atoms with Gasteiger partial charge in [0.1, 0.15) is 0 Å². The van der Waals surface area contributed by atoms with E-state index in [1.54, 1.807) is 12.1 Å². The zero-order valence-corrected chi connectivity index (χ0v) is 13.3. The van der Waals surface area contributed by atoms with Crippen molar-refractivity contribution in [2.75, 3.05) is 6.61 Å². The first-order chi connectivity index (χ1) is 10.3. The number of hydrogen-bond donors (Lipinski definition) is 0. The molecule has 0 radical (unpaired) electrons. The molecular formula is C19H28O2. The van der Waals surface area contributed by atoms with Crippen LogP contribution in [0.25, 0.3) is 6.08 Å². The lowest BCUT2D eigenvalue weighted by atomic mass is 10.1. The lowest BCUT2D eigenvalue weighted by molar-refractivity contribution is 0.0497. The van der Waals surface area contributed by atoms with Gasteiger partial charge in [-0.05, 0) is 18.1 Å². The molecule has 0 saturated heterocycles. The number of rotatable bonds is 11. The van der Waals surface area contributed by atoms with Crippen molar-refractivity contribution in [3.05, 3.63) is 42.0 Å². The number of benzene rings is 1. The van der Waals surface area contributed by atoms with Gasteiger partial charge in [-0.1, -0.05) is 82.7 Å². The lowest BCUT2D eigenvalue weighted by Crippen LogP contribution is -2.08. The van der Waals surface area contributed by atoms with Crippen molar-refractivity contribution in [2.45, 2.75) is 58.3 Å². The minimum Gasteiger partial charge on any atom is -0.462 e. The van der Waals surface area contributed by atoms with E-state index in [0.29, 0.717) is 12.2 Å². The number of unbranched alkanes of at least 4 members (excludes halogenated alkanes) is 7. The van der Waals surface area contributed by atoms with E-state index < -0.39 is 0 Å². The molecule has 1 rings (SSSR count). The number of hydrogen-bond acceptors (Lipinski definition) is 2. The third kappa shape index (κ3) is 7.12. The third-order valence-electron chi connectivity index (χ3n) is 3.63. The summed E-state index contributed by atoms with van der Waals surface area (Å²) in [6, 6.07) is 7.40. The molecule has 0 heterocycles. The zero-order chi connectivity index (χ0) is 15.3. The molecule has 0 N–H and O–H groups in total. The highest BCUT2D eigenvalue weighted by Gasteiger charge is 2.09. The quantitative estimate of drug-likeness (QED) is 0.390. The van der Waals surface area contributed by atoms with E-state index in [4.69, 9.17) is 4.74 Å². The molecule has 2 nitrogen and oxygen atoms in total. The van der Waals surface area contributed by atoms with Gasteiger partial charge in [0.2, 0.25) is 0 Å². The van der Waals surface area contributed by atoms with Gasteiger partial charge in [0.25, 0.3) is 0 Å². The first kappa shape index (κ1) is 17.5. The molecule has 21 heavy (non-hydrogen) atoms. The van der Waals surface area contributed by atoms with Crippen molar-refractivity contribution in [2.24, 2.45) is 0 Å². The Hall–Kier alpha value is -1.57. The van der Waals surface area contributed by atoms with Crippen LogP contribution < -0.4 is 0 Å². The Morgan fingerprint density at radius 2 is 1.67 bits per heavy atom. The van der Waals surface area contributed by atoms with Crippen LogP contribution >= 0.6 is 0 Å². The van der Waals surface area contributed by atoms with Crippen molar-refractivity contribution < 1.29 is 9.53 Å². The van der Waals surface area contributed by atoms with Gasteiger partial charge in [0.05, 0.1) is 12.2 Å². The van der Waals surface area contributed by atoms with Crippen molar-refractivity contribution in [1.82, 2.24) is 0 Å². The molecule has 0 saturated carbocycles. The molecule has 0 fully saturated rings. The maximum atomic E-state index is 12.0. The largest absolute Gasteiger partial charge is 0.462 e. The molecule has 116 valence electrons. The van der Waals surface area contributed by atoms with Crippen molar-refractivity contribution in [3.8, 4) is 0 Å². The first-order valence-corrected chi connectivity index (χ1v) is 8.18. The normalized spacial score (nSPS) is 10.3. The number of esters is 1. The first-order valence-electron chi connectivity index (χ1n) is 8.18. The van der Waals surface area contributed by atoms with Gasteiger partial charge in [-0.2, -0.15) is 0 Å². The Labute approximate surface area is 129 Å². The van der Waals surface area contributed by atoms with Crippen LogP contribution in [0.1, 0.15) is 74.2 Å². The smallest absolute Gasteiger partial charge is 0.338 e. The Bertz CT molecular complexity index is 423. The Morgan fingerprint density at radius 1 is 1.05 bits per heavy atom. The second kappa shape index (κ2) is 11.1. The molecule has 0 aliphatic rings. The van der Waals surface area contributed by atoms with Gasteiger partial charge in [0.15, 0.2) is 0 Å². The molecule has 0 spiro atoms. The van der Waals surface area contributed by atoms with E-state index in [-0.39, 0.29) is 5.97 Å². The van der Waals surface area contributed by atoms with Crippen LogP contribution in [0.4, 0.5) is 0 Å². The van der Waals surface area contributed by atoms with Crippen LogP contribution in [0.15, 0.2) is 30.8 Å². The predicted octanol–water partition coefficient (Wildman–Crippen LogP) is 5.63. The summed E-state index contributed by atoms with van der Waals surface area (Å²) in [5, 5.41) is 0. The summed E-state index contributed by atoms with van der Waals surface area (Å²) >= 11 is 0. The SMILES string of the molecule is C=Cc1ccccc1C(=O)OCCCCCCCCCC. The fourth-order valence-corrected chi connectivity index (χ4v) is 2.34. The fourth-order valence-electron chi connectivity index (χ4n) is 2.34. The molecule has 0 atom stereocenters. The van der Waals surface area contributed by atoms with E-state index in [1.165, 1.54) is 38.5 Å². The molecule has 0 aliphatic carbocycles. The maximum Gasteiger partial charge on any atom is 0.338 e. The summed E-state index contributed by atoms with van der Waals surface area (Å²) in [7, 11) is 0. The van der Waals surface area contributed by atoms with E-state index in [1.807, 2.05) is 18.2 Å². The van der Waals surface area contributed by atoms with Gasteiger partial charge in [0, 0.05) is 0 Å². The molecule has 0 unspecified atom stereocenters. The summed E-state index contributed by atoms with van der Waals surface area (Å²) in [6.07, 6.45) is 11.6. The Morgan fingerprint density at radius 3 is 2.33 bits per heavy atom. The highest BCUT2D eigenvalue weighted by Crippen LogP contribution is 2.12. The minimum atomic E-state index is -0.242. The highest BCUT2D eigenvalue weighted by atomic mass is 16.5. The maximum absolute atomic E-state index is 12.0. The summed E-state index contributed by atoms with van der Waals surface area (Å²) in [5.41, 5.74) is 1.44. The summed E-state index contributed by atoms with van der Waals surface area (Å²) in [4.78, 5) is 12.0. The highest BCUT2D eigenvalue weighted by molar-refractivity contribution is 5.93. The van der Waals surface area contributed by atoms with Gasteiger partial charge in [-0.15, -0.1) is 0 Å². The number of carbonyl (C=O) groups is 1. The van der Waals surface area contributed by atoms with Gasteiger partial charge >= 0.3 is 5.97 Å². The van der Waals surface area contributed by atoms with E-state index >= 15 is 0 Å². The minimum absolute atomic E-state index is 0.242. The van der Waals surface area contributed by atoms with Crippen molar-refractivity contribution in [3.63, 3.8) is 0 Å². The van der Waals surface area contributed by atoms with Gasteiger partial charge in [-0.3, -0.25) is 0 Å². The van der Waals surface area contributed by atoms with Crippen molar-refractivity contribution >= 4 is 12.0 Å². The molecule has 0 bridgehead atoms. The van der Waals surface area contributed by atoms with Crippen LogP contribution in [0.3, 0.4) is 0 Å². The topological polar surface area (TPSA) is 26.3 Å². The van der Waals surface area contributed by atoms with Crippen LogP contribution in [0.5, 0.6) is 0 Å². The average Bonchev–Trinajstić information content (AvgIpc) is 2.53. The zero-order valence-electron chi connectivity index (χ0n) is 13.3. The molecule has 0 amide bonds. The van der Waals surface area contributed by atoms with Crippen molar-refractivity contribution in [1.29, 1.82) is 0 Å². The fraction of sp³-hybridized carbons (Fsp3) is 0.526. The monoisotopic (exact) mass is 288 g/mol.